The van der Waals surface area contributed by atoms with Crippen molar-refractivity contribution in [2.24, 2.45) is 0 Å². The van der Waals surface area contributed by atoms with E-state index in [1.165, 1.54) is 0 Å². The predicted octanol–water partition coefficient (Wildman–Crippen LogP) is 15.4. The first-order valence-corrected chi connectivity index (χ1v) is 21.2. The molecule has 7 aromatic carbocycles. The number of phenolic OH excluding ortho intramolecular Hbond substituents is 1. The fourth-order valence-electron chi connectivity index (χ4n) is 8.30. The topological polar surface area (TPSA) is 50.9 Å². The molecule has 0 saturated carbocycles. The van der Waals surface area contributed by atoms with Gasteiger partial charge in [0.05, 0.1) is 29.1 Å². The Morgan fingerprint density at radius 2 is 1.31 bits per heavy atom. The van der Waals surface area contributed by atoms with E-state index < -0.39 is 25.0 Å². The molecule has 0 saturated heterocycles. The number of rotatable bonds is 7. The average molecular weight is 1020 g/mol. The number of para-hydroxylation sites is 1. The van der Waals surface area contributed by atoms with Crippen molar-refractivity contribution in [1.29, 1.82) is 0 Å². The maximum absolute atomic E-state index is 12.0. The Morgan fingerprint density at radius 1 is 0.609 bits per heavy atom. The first-order valence-electron chi connectivity index (χ1n) is 25.2. The quantitative estimate of drug-likeness (QED) is 0.162. The number of fused-ring (bicyclic) bond motifs is 1. The van der Waals surface area contributed by atoms with Crippen molar-refractivity contribution >= 4 is 11.0 Å². The Bertz CT molecular complexity index is 3540. The molecule has 0 amide bonds. The first kappa shape index (κ1) is 35.1. The minimum atomic E-state index is -2.47. The number of hydrogen-bond acceptors (Lipinski definition) is 3. The summed E-state index contributed by atoms with van der Waals surface area (Å²) in [6.45, 7) is 14.2. The number of pyridine rings is 1. The molecule has 0 aliphatic rings. The van der Waals surface area contributed by atoms with E-state index in [1.807, 2.05) is 103 Å². The molecule has 5 heteroatoms. The van der Waals surface area contributed by atoms with Crippen molar-refractivity contribution in [2.75, 3.05) is 0 Å². The number of hydrogen-bond donors (Lipinski definition) is 1. The van der Waals surface area contributed by atoms with Gasteiger partial charge in [0, 0.05) is 42.6 Å². The summed E-state index contributed by atoms with van der Waals surface area (Å²) in [5, 5.41) is 12.0. The van der Waals surface area contributed by atoms with E-state index in [1.54, 1.807) is 24.4 Å². The van der Waals surface area contributed by atoms with E-state index in [9.17, 15) is 5.11 Å². The third-order valence-electron chi connectivity index (χ3n) is 11.7. The van der Waals surface area contributed by atoms with E-state index >= 15 is 0 Å². The van der Waals surface area contributed by atoms with Crippen molar-refractivity contribution in [3.63, 3.8) is 0 Å². The maximum Gasteiger partial charge on any atom is 0.148 e. The fraction of sp³-hybridized carbons (Fsp3) is 0.186. The number of nitrogens with zero attached hydrogens (tertiary/aromatic N) is 3. The van der Waals surface area contributed by atoms with Crippen LogP contribution in [-0.4, -0.2) is 19.6 Å². The minimum absolute atomic E-state index is 0. The maximum atomic E-state index is 12.0. The molecular formula is C59H54N3OPt-. The second kappa shape index (κ2) is 17.3. The van der Waals surface area contributed by atoms with Gasteiger partial charge >= 0.3 is 0 Å². The fourth-order valence-corrected chi connectivity index (χ4v) is 8.30. The van der Waals surface area contributed by atoms with Gasteiger partial charge in [0.2, 0.25) is 0 Å². The SMILES string of the molecule is [2H]c1c([2H])c([2H])c(-c2ccnc(-c3[c-]c(-c4cccc5c4nc(-c4cc(C)cc(C)c4O)n5-c4cc(-c5ccccc5)c(C([2H])([2H])[2H])cc4-c4ccc(C(C)(C)C)cc4)cc(C(C)(C)C)c3)c2)c([2H])c1[2H].[Pt]. The molecule has 2 aromatic heterocycles. The third-order valence-corrected chi connectivity index (χ3v) is 11.7. The largest absolute Gasteiger partial charge is 0.507 e. The number of phenols is 1. The Morgan fingerprint density at radius 3 is 2.02 bits per heavy atom. The van der Waals surface area contributed by atoms with Gasteiger partial charge in [0.15, 0.2) is 0 Å². The van der Waals surface area contributed by atoms with Crippen LogP contribution < -0.4 is 0 Å². The van der Waals surface area contributed by atoms with E-state index in [0.717, 1.165) is 33.4 Å². The Labute approximate surface area is 404 Å². The molecule has 4 nitrogen and oxygen atoms in total. The van der Waals surface area contributed by atoms with Crippen LogP contribution in [0.1, 0.15) is 80.3 Å². The van der Waals surface area contributed by atoms with Crippen LogP contribution in [0.4, 0.5) is 0 Å². The molecule has 0 radical (unpaired) electrons. The summed E-state index contributed by atoms with van der Waals surface area (Å²) in [5.41, 5.74) is 11.7. The summed E-state index contributed by atoms with van der Waals surface area (Å²) in [7, 11) is 0. The van der Waals surface area contributed by atoms with E-state index in [-0.39, 0.29) is 60.9 Å². The smallest absolute Gasteiger partial charge is 0.148 e. The zero-order valence-corrected chi connectivity index (χ0v) is 39.5. The summed E-state index contributed by atoms with van der Waals surface area (Å²) < 4.78 is 70.9. The molecule has 1 N–H and O–H groups in total. The van der Waals surface area contributed by atoms with Gasteiger partial charge in [-0.25, -0.2) is 4.98 Å². The molecule has 9 rings (SSSR count). The van der Waals surface area contributed by atoms with Crippen LogP contribution in [0.15, 0.2) is 158 Å². The van der Waals surface area contributed by atoms with E-state index in [4.69, 9.17) is 20.9 Å². The molecule has 0 aliphatic carbocycles. The number of imidazole rings is 1. The van der Waals surface area contributed by atoms with Gasteiger partial charge in [-0.15, -0.1) is 29.3 Å². The van der Waals surface area contributed by atoms with Gasteiger partial charge in [0.1, 0.15) is 11.6 Å². The van der Waals surface area contributed by atoms with Crippen LogP contribution in [0.2, 0.25) is 0 Å². The van der Waals surface area contributed by atoms with Gasteiger partial charge in [-0.2, -0.15) is 0 Å². The summed E-state index contributed by atoms with van der Waals surface area (Å²) in [4.78, 5) is 10.2. The zero-order chi connectivity index (χ0) is 51.1. The van der Waals surface area contributed by atoms with Crippen molar-refractivity contribution in [3.8, 4) is 78.6 Å². The van der Waals surface area contributed by atoms with Crippen LogP contribution in [-0.2, 0) is 31.9 Å². The van der Waals surface area contributed by atoms with Crippen LogP contribution in [0.3, 0.4) is 0 Å². The van der Waals surface area contributed by atoms with Crippen molar-refractivity contribution < 1.29 is 37.1 Å². The normalized spacial score (nSPS) is 13.8. The molecule has 0 unspecified atom stereocenters. The van der Waals surface area contributed by atoms with Crippen molar-refractivity contribution in [3.05, 3.63) is 192 Å². The van der Waals surface area contributed by atoms with Gasteiger partial charge in [-0.1, -0.05) is 162 Å². The second-order valence-electron chi connectivity index (χ2n) is 18.4. The molecule has 0 atom stereocenters. The van der Waals surface area contributed by atoms with Gasteiger partial charge in [-0.3, -0.25) is 9.55 Å². The van der Waals surface area contributed by atoms with Crippen molar-refractivity contribution in [1.82, 2.24) is 14.5 Å². The van der Waals surface area contributed by atoms with Gasteiger partial charge in [-0.05, 0) is 112 Å². The summed E-state index contributed by atoms with van der Waals surface area (Å²) in [5.74, 6) is 0.519. The standard InChI is InChI=1S/C59H54N3O.Pt/c1-37-29-39(3)56(63)51(30-37)57-61-55-48(44-32-45(34-47(33-44)59(7,8)9)52-35-43(27-28-60-52)40-17-12-10-13-18-40)21-16-22-53(55)62(57)54-36-49(41-19-14-11-15-20-41)38(2)31-50(54)42-23-25-46(26-24-42)58(4,5)6;/h10-31,33-36,63H,1-9H3;/q-1;/i2D3,10D,12D,13D,17D,18D;. The summed E-state index contributed by atoms with van der Waals surface area (Å²) >= 11 is 0. The summed E-state index contributed by atoms with van der Waals surface area (Å²) in [6.07, 6.45) is 1.57. The number of aryl methyl sites for hydroxylation is 3. The first-order chi connectivity index (χ1) is 33.4. The number of aromatic nitrogens is 3. The molecule has 0 bridgehead atoms. The Kier molecular flexibility index (Phi) is 9.48. The molecule has 0 spiro atoms. The second-order valence-corrected chi connectivity index (χ2v) is 18.4. The van der Waals surface area contributed by atoms with Crippen LogP contribution in [0.25, 0.3) is 83.9 Å². The zero-order valence-electron chi connectivity index (χ0n) is 45.2. The Hall–Kier alpha value is -6.35. The monoisotopic (exact) mass is 1020 g/mol. The summed E-state index contributed by atoms with van der Waals surface area (Å²) in [6, 6.07) is 40.5. The molecular weight excluding hydrogens is 962 g/mol. The van der Waals surface area contributed by atoms with Gasteiger partial charge in [0.25, 0.3) is 0 Å². The van der Waals surface area contributed by atoms with Crippen LogP contribution in [0.5, 0.6) is 5.75 Å². The average Bonchev–Trinajstić information content (AvgIpc) is 3.72. The van der Waals surface area contributed by atoms with Crippen molar-refractivity contribution in [2.45, 2.75) is 73.1 Å². The predicted molar refractivity (Wildman–Crippen MR) is 264 cm³/mol. The minimum Gasteiger partial charge on any atom is -0.507 e. The Balaban J connectivity index is 0.00000693. The number of benzene rings is 7. The third kappa shape index (κ3) is 8.52. The van der Waals surface area contributed by atoms with E-state index in [0.29, 0.717) is 67.2 Å². The molecule has 9 aromatic rings. The molecule has 322 valence electrons. The molecule has 0 fully saturated rings. The molecule has 0 aliphatic heterocycles. The van der Waals surface area contributed by atoms with Crippen LogP contribution in [0, 0.1) is 26.8 Å². The van der Waals surface area contributed by atoms with Crippen LogP contribution >= 0.6 is 0 Å². The molecule has 64 heavy (non-hydrogen) atoms. The van der Waals surface area contributed by atoms with E-state index in [2.05, 4.69) is 65.8 Å². The number of aromatic hydroxyl groups is 1. The van der Waals surface area contributed by atoms with Gasteiger partial charge < -0.3 is 5.11 Å². The molecule has 2 heterocycles.